The molecule has 2 saturated heterocycles. The number of fused-ring (bicyclic) bond motifs is 2. The van der Waals surface area contributed by atoms with Crippen LogP contribution in [-0.4, -0.2) is 18.0 Å². The molecule has 1 aliphatic carbocycles. The summed E-state index contributed by atoms with van der Waals surface area (Å²) in [7, 11) is 0. The van der Waals surface area contributed by atoms with Crippen LogP contribution in [0.2, 0.25) is 0 Å². The molecule has 96 valence electrons. The smallest absolute Gasteiger partial charge is 0.136 e. The average molecular weight is 236 g/mol. The Hall–Kier alpha value is -0.370. The Kier molecular flexibility index (Phi) is 3.51. The lowest BCUT2D eigenvalue weighted by Gasteiger charge is -2.29. The zero-order valence-electron chi connectivity index (χ0n) is 10.7. The van der Waals surface area contributed by atoms with E-state index in [9.17, 15) is 4.79 Å². The van der Waals surface area contributed by atoms with Crippen LogP contribution in [0.4, 0.5) is 0 Å². The fourth-order valence-corrected chi connectivity index (χ4v) is 3.96. The Morgan fingerprint density at radius 1 is 0.941 bits per heavy atom. The minimum Gasteiger partial charge on any atom is -0.375 e. The predicted octanol–water partition coefficient (Wildman–Crippen LogP) is 3.48. The molecule has 2 heteroatoms. The summed E-state index contributed by atoms with van der Waals surface area (Å²) in [6.07, 6.45) is 12.8. The highest BCUT2D eigenvalue weighted by atomic mass is 16.5. The van der Waals surface area contributed by atoms with Crippen molar-refractivity contribution in [2.75, 3.05) is 0 Å². The van der Waals surface area contributed by atoms with Gasteiger partial charge in [0.2, 0.25) is 0 Å². The first-order chi connectivity index (χ1) is 8.31. The van der Waals surface area contributed by atoms with Gasteiger partial charge in [0.05, 0.1) is 12.2 Å². The van der Waals surface area contributed by atoms with Gasteiger partial charge in [-0.3, -0.25) is 4.79 Å². The highest BCUT2D eigenvalue weighted by Crippen LogP contribution is 2.38. The van der Waals surface area contributed by atoms with E-state index in [0.717, 1.165) is 19.3 Å². The fraction of sp³-hybridized carbons (Fsp3) is 0.933. The van der Waals surface area contributed by atoms with E-state index in [0.29, 0.717) is 29.8 Å². The highest BCUT2D eigenvalue weighted by molar-refractivity contribution is 5.81. The quantitative estimate of drug-likeness (QED) is 0.750. The van der Waals surface area contributed by atoms with Crippen LogP contribution in [0.25, 0.3) is 0 Å². The molecule has 0 amide bonds. The zero-order valence-corrected chi connectivity index (χ0v) is 10.7. The molecule has 0 aromatic carbocycles. The summed E-state index contributed by atoms with van der Waals surface area (Å²) in [4.78, 5) is 12.3. The summed E-state index contributed by atoms with van der Waals surface area (Å²) in [6.45, 7) is 0. The lowest BCUT2D eigenvalue weighted by Crippen LogP contribution is -2.31. The van der Waals surface area contributed by atoms with Gasteiger partial charge in [-0.15, -0.1) is 0 Å². The Labute approximate surface area is 104 Å². The first kappa shape index (κ1) is 11.7. The largest absolute Gasteiger partial charge is 0.375 e. The number of hydrogen-bond donors (Lipinski definition) is 0. The van der Waals surface area contributed by atoms with Gasteiger partial charge in [0.1, 0.15) is 5.78 Å². The van der Waals surface area contributed by atoms with Crippen molar-refractivity contribution >= 4 is 5.78 Å². The molecule has 1 saturated carbocycles. The van der Waals surface area contributed by atoms with E-state index in [-0.39, 0.29) is 0 Å². The number of ketones is 1. The van der Waals surface area contributed by atoms with E-state index < -0.39 is 0 Å². The summed E-state index contributed by atoms with van der Waals surface area (Å²) in [6, 6.07) is 0. The Balaban J connectivity index is 1.51. The molecule has 2 nitrogen and oxygen atoms in total. The van der Waals surface area contributed by atoms with Crippen LogP contribution in [0.15, 0.2) is 0 Å². The minimum atomic E-state index is 0.336. The van der Waals surface area contributed by atoms with Crippen LogP contribution in [-0.2, 0) is 9.53 Å². The molecule has 0 aromatic heterocycles. The van der Waals surface area contributed by atoms with E-state index in [4.69, 9.17) is 4.74 Å². The Morgan fingerprint density at radius 3 is 2.24 bits per heavy atom. The van der Waals surface area contributed by atoms with Crippen LogP contribution in [0.5, 0.6) is 0 Å². The monoisotopic (exact) mass is 236 g/mol. The molecule has 2 heterocycles. The van der Waals surface area contributed by atoms with Gasteiger partial charge in [0.25, 0.3) is 0 Å². The molecule has 0 aromatic rings. The normalized spacial score (nSPS) is 38.2. The molecule has 2 atom stereocenters. The van der Waals surface area contributed by atoms with Gasteiger partial charge in [-0.2, -0.15) is 0 Å². The van der Waals surface area contributed by atoms with Crippen molar-refractivity contribution in [3.63, 3.8) is 0 Å². The van der Waals surface area contributed by atoms with Crippen LogP contribution >= 0.6 is 0 Å². The molecule has 17 heavy (non-hydrogen) atoms. The van der Waals surface area contributed by atoms with Gasteiger partial charge < -0.3 is 4.74 Å². The third kappa shape index (κ3) is 2.73. The number of carbonyl (C=O) groups is 1. The van der Waals surface area contributed by atoms with E-state index >= 15 is 0 Å². The molecule has 0 radical (unpaired) electrons. The maximum atomic E-state index is 12.3. The van der Waals surface area contributed by atoms with Crippen LogP contribution in [0, 0.1) is 11.8 Å². The second-order valence-electron chi connectivity index (χ2n) is 6.30. The van der Waals surface area contributed by atoms with Crippen LogP contribution < -0.4 is 0 Å². The Bertz CT molecular complexity index is 269. The maximum Gasteiger partial charge on any atom is 0.136 e. The van der Waals surface area contributed by atoms with Crippen molar-refractivity contribution in [1.29, 1.82) is 0 Å². The molecular weight excluding hydrogens is 212 g/mol. The van der Waals surface area contributed by atoms with E-state index in [1.54, 1.807) is 0 Å². The first-order valence-electron chi connectivity index (χ1n) is 7.49. The van der Waals surface area contributed by atoms with Crippen LogP contribution in [0.3, 0.4) is 0 Å². The SMILES string of the molecule is O=C(CC1CCCCC1)C1CC2CCC(C1)O2. The summed E-state index contributed by atoms with van der Waals surface area (Å²) in [5, 5.41) is 0. The maximum absolute atomic E-state index is 12.3. The van der Waals surface area contributed by atoms with Crippen molar-refractivity contribution in [2.24, 2.45) is 11.8 Å². The molecule has 3 aliphatic rings. The third-order valence-corrected chi connectivity index (χ3v) is 4.96. The highest BCUT2D eigenvalue weighted by Gasteiger charge is 2.38. The second kappa shape index (κ2) is 5.09. The van der Waals surface area contributed by atoms with Gasteiger partial charge in [-0.25, -0.2) is 0 Å². The van der Waals surface area contributed by atoms with Gasteiger partial charge in [0, 0.05) is 12.3 Å². The van der Waals surface area contributed by atoms with Gasteiger partial charge >= 0.3 is 0 Å². The molecule has 0 spiro atoms. The average Bonchev–Trinajstić information content (AvgIpc) is 2.69. The van der Waals surface area contributed by atoms with Crippen LogP contribution in [0.1, 0.15) is 64.2 Å². The van der Waals surface area contributed by atoms with E-state index in [2.05, 4.69) is 0 Å². The number of Topliss-reactive ketones (excluding diaryl/α,β-unsaturated/α-hetero) is 1. The molecule has 0 N–H and O–H groups in total. The first-order valence-corrected chi connectivity index (χ1v) is 7.49. The Morgan fingerprint density at radius 2 is 1.59 bits per heavy atom. The molecule has 3 rings (SSSR count). The lowest BCUT2D eigenvalue weighted by molar-refractivity contribution is -0.129. The second-order valence-corrected chi connectivity index (χ2v) is 6.30. The zero-order chi connectivity index (χ0) is 11.7. The van der Waals surface area contributed by atoms with Crippen molar-refractivity contribution in [2.45, 2.75) is 76.4 Å². The van der Waals surface area contributed by atoms with E-state index in [1.807, 2.05) is 0 Å². The van der Waals surface area contributed by atoms with Crippen molar-refractivity contribution < 1.29 is 9.53 Å². The lowest BCUT2D eigenvalue weighted by atomic mass is 9.81. The topological polar surface area (TPSA) is 26.3 Å². The molecule has 2 aliphatic heterocycles. The summed E-state index contributed by atoms with van der Waals surface area (Å²) < 4.78 is 5.82. The predicted molar refractivity (Wildman–Crippen MR) is 66.8 cm³/mol. The van der Waals surface area contributed by atoms with Gasteiger partial charge in [-0.1, -0.05) is 32.1 Å². The van der Waals surface area contributed by atoms with Crippen molar-refractivity contribution in [3.05, 3.63) is 0 Å². The number of ether oxygens (including phenoxy) is 1. The van der Waals surface area contributed by atoms with Crippen molar-refractivity contribution in [3.8, 4) is 0 Å². The molecule has 2 unspecified atom stereocenters. The number of carbonyl (C=O) groups excluding carboxylic acids is 1. The minimum absolute atomic E-state index is 0.336. The molecular formula is C15H24O2. The van der Waals surface area contributed by atoms with Gasteiger partial charge in [0.15, 0.2) is 0 Å². The summed E-state index contributed by atoms with van der Waals surface area (Å²) in [5.74, 6) is 1.59. The van der Waals surface area contributed by atoms with Crippen molar-refractivity contribution in [1.82, 2.24) is 0 Å². The standard InChI is InChI=1S/C15H24O2/c16-15(8-11-4-2-1-3-5-11)12-9-13-6-7-14(10-12)17-13/h11-14H,1-10H2. The summed E-state index contributed by atoms with van der Waals surface area (Å²) in [5.41, 5.74) is 0. The fourth-order valence-electron chi connectivity index (χ4n) is 3.96. The number of hydrogen-bond acceptors (Lipinski definition) is 2. The molecule has 2 bridgehead atoms. The van der Waals surface area contributed by atoms with E-state index in [1.165, 1.54) is 44.9 Å². The molecule has 3 fully saturated rings. The number of rotatable bonds is 3. The third-order valence-electron chi connectivity index (χ3n) is 4.96. The summed E-state index contributed by atoms with van der Waals surface area (Å²) >= 11 is 0. The van der Waals surface area contributed by atoms with Gasteiger partial charge in [-0.05, 0) is 31.6 Å².